The number of rotatable bonds is 8. The number of nitrogens with one attached hydrogen (secondary N) is 1. The van der Waals surface area contributed by atoms with Crippen LogP contribution in [0.2, 0.25) is 0 Å². The van der Waals surface area contributed by atoms with Gasteiger partial charge in [0.15, 0.2) is 0 Å². The third-order valence-electron chi connectivity index (χ3n) is 10.6. The topological polar surface area (TPSA) is 101 Å². The van der Waals surface area contributed by atoms with Gasteiger partial charge in [0, 0.05) is 44.6 Å². The van der Waals surface area contributed by atoms with Crippen molar-refractivity contribution in [1.29, 1.82) is 0 Å². The summed E-state index contributed by atoms with van der Waals surface area (Å²) in [6.07, 6.45) is -0.00236. The molecule has 3 aromatic rings. The lowest BCUT2D eigenvalue weighted by atomic mass is 9.87. The van der Waals surface area contributed by atoms with Gasteiger partial charge in [-0.3, -0.25) is 19.3 Å². The molecule has 2 atom stereocenters. The Labute approximate surface area is 299 Å². The maximum Gasteiger partial charge on any atom is 0.416 e. The summed E-state index contributed by atoms with van der Waals surface area (Å²) < 4.78 is 80.0. The van der Waals surface area contributed by atoms with Gasteiger partial charge in [-0.2, -0.15) is 13.2 Å². The number of alkyl halides is 3. The van der Waals surface area contributed by atoms with E-state index >= 15 is 4.39 Å². The molecule has 3 aliphatic rings. The lowest BCUT2D eigenvalue weighted by Gasteiger charge is -2.38. The predicted molar refractivity (Wildman–Crippen MR) is 184 cm³/mol. The van der Waals surface area contributed by atoms with Crippen molar-refractivity contribution in [2.45, 2.75) is 101 Å². The number of carboxylic acid groups (broad SMARTS) is 1. The maximum absolute atomic E-state index is 16.4. The zero-order chi connectivity index (χ0) is 37.3. The van der Waals surface area contributed by atoms with Gasteiger partial charge in [0.2, 0.25) is 5.91 Å². The Bertz CT molecular complexity index is 1880. The predicted octanol–water partition coefficient (Wildman–Crippen LogP) is 7.25. The summed E-state index contributed by atoms with van der Waals surface area (Å²) in [5, 5.41) is 12.6. The van der Waals surface area contributed by atoms with Gasteiger partial charge in [-0.05, 0) is 109 Å². The van der Waals surface area contributed by atoms with E-state index in [9.17, 15) is 37.1 Å². The number of hydrogen-bond donors (Lipinski definition) is 2. The molecule has 8 nitrogen and oxygen atoms in total. The van der Waals surface area contributed by atoms with Crippen LogP contribution in [0.25, 0.3) is 11.1 Å². The number of ether oxygens (including phenoxy) is 1. The van der Waals surface area contributed by atoms with Crippen molar-refractivity contribution in [2.75, 3.05) is 26.7 Å². The third kappa shape index (κ3) is 8.41. The van der Waals surface area contributed by atoms with E-state index < -0.39 is 59.3 Å². The van der Waals surface area contributed by atoms with E-state index in [2.05, 4.69) is 5.32 Å². The summed E-state index contributed by atoms with van der Waals surface area (Å²) in [7, 11) is 1.57. The molecule has 2 aromatic carbocycles. The van der Waals surface area contributed by atoms with Crippen molar-refractivity contribution >= 4 is 11.9 Å². The molecular weight excluding hydrogens is 685 g/mol. The van der Waals surface area contributed by atoms with Crippen LogP contribution in [0.1, 0.15) is 103 Å². The molecule has 1 aromatic heterocycles. The molecule has 0 radical (unpaired) electrons. The van der Waals surface area contributed by atoms with Gasteiger partial charge in [-0.15, -0.1) is 0 Å². The fraction of sp³-hybridized carbons (Fsp3) is 0.513. The number of aliphatic carboxylic acids is 1. The quantitative estimate of drug-likeness (QED) is 0.237. The number of pyridine rings is 1. The summed E-state index contributed by atoms with van der Waals surface area (Å²) in [5.41, 5.74) is 0.791. The maximum atomic E-state index is 16.4. The van der Waals surface area contributed by atoms with E-state index in [1.54, 1.807) is 20.1 Å². The Kier molecular flexibility index (Phi) is 11.2. The largest absolute Gasteiger partial charge is 0.481 e. The molecule has 13 heteroatoms. The van der Waals surface area contributed by atoms with Crippen LogP contribution in [0.5, 0.6) is 0 Å². The van der Waals surface area contributed by atoms with E-state index in [0.29, 0.717) is 68.0 Å². The number of benzene rings is 2. The fourth-order valence-corrected chi connectivity index (χ4v) is 7.70. The van der Waals surface area contributed by atoms with Crippen molar-refractivity contribution in [3.8, 4) is 11.1 Å². The van der Waals surface area contributed by atoms with Crippen LogP contribution in [0, 0.1) is 18.6 Å². The van der Waals surface area contributed by atoms with Crippen molar-refractivity contribution in [3.63, 3.8) is 0 Å². The van der Waals surface area contributed by atoms with Crippen LogP contribution in [-0.4, -0.2) is 59.3 Å². The molecule has 2 bridgehead atoms. The van der Waals surface area contributed by atoms with E-state index in [4.69, 9.17) is 4.74 Å². The first kappa shape index (κ1) is 37.7. The van der Waals surface area contributed by atoms with Crippen LogP contribution in [0.15, 0.2) is 41.3 Å². The number of carboxylic acids is 1. The van der Waals surface area contributed by atoms with Crippen LogP contribution in [0.3, 0.4) is 0 Å². The van der Waals surface area contributed by atoms with E-state index in [1.807, 2.05) is 4.90 Å². The van der Waals surface area contributed by atoms with Gasteiger partial charge in [-0.1, -0.05) is 19.3 Å². The Balaban J connectivity index is 1.42. The molecule has 2 aliphatic heterocycles. The minimum absolute atomic E-state index is 0.00209. The minimum atomic E-state index is -4.81. The van der Waals surface area contributed by atoms with Crippen LogP contribution in [-0.2, 0) is 33.3 Å². The first-order valence-corrected chi connectivity index (χ1v) is 18.0. The first-order chi connectivity index (χ1) is 24.7. The molecule has 2 N–H and O–H groups in total. The number of halogens is 5. The monoisotopic (exact) mass is 729 g/mol. The van der Waals surface area contributed by atoms with Crippen molar-refractivity contribution in [3.05, 3.63) is 91.9 Å². The summed E-state index contributed by atoms with van der Waals surface area (Å²) in [6.45, 7) is 3.18. The summed E-state index contributed by atoms with van der Waals surface area (Å²) >= 11 is 0. The Hall–Kier alpha value is -4.10. The Morgan fingerprint density at radius 1 is 0.981 bits per heavy atom. The molecule has 1 amide bonds. The number of likely N-dealkylation sites (tertiary alicyclic amines) is 1. The molecule has 280 valence electrons. The van der Waals surface area contributed by atoms with E-state index in [-0.39, 0.29) is 42.5 Å². The first-order valence-electron chi connectivity index (χ1n) is 18.0. The van der Waals surface area contributed by atoms with Crippen molar-refractivity contribution in [2.24, 2.45) is 0 Å². The second-order valence-electron chi connectivity index (χ2n) is 14.5. The normalized spacial score (nSPS) is 20.7. The molecule has 6 rings (SSSR count). The summed E-state index contributed by atoms with van der Waals surface area (Å²) in [5.74, 6) is -3.25. The molecule has 1 saturated heterocycles. The van der Waals surface area contributed by atoms with Crippen molar-refractivity contribution < 1.29 is 41.4 Å². The second-order valence-corrected chi connectivity index (χ2v) is 14.5. The molecule has 2 fully saturated rings. The van der Waals surface area contributed by atoms with Gasteiger partial charge in [0.1, 0.15) is 17.7 Å². The lowest BCUT2D eigenvalue weighted by Crippen LogP contribution is -2.52. The highest BCUT2D eigenvalue weighted by molar-refractivity contribution is 5.82. The highest BCUT2D eigenvalue weighted by Crippen LogP contribution is 2.45. The summed E-state index contributed by atoms with van der Waals surface area (Å²) in [4.78, 5) is 41.8. The number of fused-ring (bicyclic) bond motifs is 4. The average Bonchev–Trinajstić information content (AvgIpc) is 3.89. The van der Waals surface area contributed by atoms with Crippen molar-refractivity contribution in [1.82, 2.24) is 14.8 Å². The number of nitrogens with zero attached hydrogens (tertiary/aromatic N) is 2. The molecule has 0 spiro atoms. The number of aryl methyl sites for hydroxylation is 2. The number of carbonyl (C=O) groups is 2. The molecular formula is C39H44F5N3O5. The second kappa shape index (κ2) is 15.5. The van der Waals surface area contributed by atoms with Gasteiger partial charge in [-0.25, -0.2) is 8.78 Å². The van der Waals surface area contributed by atoms with E-state index in [0.717, 1.165) is 34.7 Å². The highest BCUT2D eigenvalue weighted by atomic mass is 19.4. The Morgan fingerprint density at radius 2 is 1.69 bits per heavy atom. The Morgan fingerprint density at radius 3 is 2.37 bits per heavy atom. The number of carbonyl (C=O) groups excluding carboxylic acids is 1. The molecule has 1 saturated carbocycles. The standard InChI is InChI=1S/C39H44F5N3O5/c1-22-13-27(40)14-24-7-5-3-4-6-8-33(47-19-25(11-12-46-20-28(21-46)52-2)31(17-34(47)48)39(42,43)44)38(51)45-32(18-35(49)50)30-16-26(36(22)24)15-29(37(30)41)23-9-10-23/h13-17,19,23,28,32-33H,3-12,18,20-21H2,1-2H3,(H,45,51)(H,49,50)/t32-,33-/m0/s1. The molecule has 1 aliphatic carbocycles. The average molecular weight is 730 g/mol. The number of aromatic nitrogens is 1. The molecule has 0 unspecified atom stereocenters. The SMILES string of the molecule is COC1CN(CCc2cn([C@H]3CCCCCCc4cc(F)cc(C)c4-c4cc(C5CC5)c(F)c(c4)[C@H](CC(=O)O)NC3=O)c(=O)cc2C(F)(F)F)C1. The zero-order valence-corrected chi connectivity index (χ0v) is 29.3. The molecule has 3 heterocycles. The third-order valence-corrected chi connectivity index (χ3v) is 10.6. The number of hydrogen-bond acceptors (Lipinski definition) is 5. The summed E-state index contributed by atoms with van der Waals surface area (Å²) in [6, 6.07) is 3.98. The number of methoxy groups -OCH3 is 1. The van der Waals surface area contributed by atoms with Gasteiger partial charge < -0.3 is 19.7 Å². The highest BCUT2D eigenvalue weighted by Gasteiger charge is 2.37. The fourth-order valence-electron chi connectivity index (χ4n) is 7.70. The molecule has 52 heavy (non-hydrogen) atoms. The van der Waals surface area contributed by atoms with E-state index in [1.165, 1.54) is 18.2 Å². The van der Waals surface area contributed by atoms with Gasteiger partial charge >= 0.3 is 12.1 Å². The van der Waals surface area contributed by atoms with Crippen LogP contribution in [0.4, 0.5) is 22.0 Å². The minimum Gasteiger partial charge on any atom is -0.481 e. The number of amides is 1. The smallest absolute Gasteiger partial charge is 0.416 e. The van der Waals surface area contributed by atoms with Crippen LogP contribution < -0.4 is 10.9 Å². The van der Waals surface area contributed by atoms with Gasteiger partial charge in [0.25, 0.3) is 5.56 Å². The van der Waals surface area contributed by atoms with Gasteiger partial charge in [0.05, 0.1) is 24.1 Å². The lowest BCUT2D eigenvalue weighted by molar-refractivity contribution is -0.139. The van der Waals surface area contributed by atoms with Crippen LogP contribution >= 0.6 is 0 Å². The zero-order valence-electron chi connectivity index (χ0n) is 29.3.